The van der Waals surface area contributed by atoms with Gasteiger partial charge in [0.15, 0.2) is 0 Å². The quantitative estimate of drug-likeness (QED) is 0.715. The van der Waals surface area contributed by atoms with Crippen molar-refractivity contribution in [3.8, 4) is 5.75 Å². The first-order valence-electron chi connectivity index (χ1n) is 8.98. The molecule has 7 heteroatoms. The molecular formula is C21H21N5O2. The number of benzene rings is 2. The molecule has 28 heavy (non-hydrogen) atoms. The zero-order valence-corrected chi connectivity index (χ0v) is 15.7. The molecule has 142 valence electrons. The predicted molar refractivity (Wildman–Crippen MR) is 106 cm³/mol. The lowest BCUT2D eigenvalue weighted by Crippen LogP contribution is -2.31. The van der Waals surface area contributed by atoms with Gasteiger partial charge in [-0.1, -0.05) is 42.0 Å². The van der Waals surface area contributed by atoms with Gasteiger partial charge in [0.1, 0.15) is 24.7 Å². The number of anilines is 1. The second-order valence-electron chi connectivity index (χ2n) is 6.81. The Bertz CT molecular complexity index is 1050. The van der Waals surface area contributed by atoms with Crippen LogP contribution >= 0.6 is 0 Å². The van der Waals surface area contributed by atoms with E-state index in [0.29, 0.717) is 29.6 Å². The van der Waals surface area contributed by atoms with Crippen LogP contribution in [0.2, 0.25) is 0 Å². The van der Waals surface area contributed by atoms with Crippen LogP contribution in [0.3, 0.4) is 0 Å². The van der Waals surface area contributed by atoms with Crippen molar-refractivity contribution < 1.29 is 9.53 Å². The molecule has 0 saturated heterocycles. The molecule has 1 aromatic heterocycles. The van der Waals surface area contributed by atoms with Gasteiger partial charge < -0.3 is 15.8 Å². The summed E-state index contributed by atoms with van der Waals surface area (Å²) in [5.74, 6) is 0.778. The number of ether oxygens (including phenoxy) is 1. The van der Waals surface area contributed by atoms with Crippen molar-refractivity contribution in [2.45, 2.75) is 26.5 Å². The number of nitrogens with one attached hydrogen (secondary N) is 1. The predicted octanol–water partition coefficient (Wildman–Crippen LogP) is 2.94. The van der Waals surface area contributed by atoms with Crippen molar-refractivity contribution >= 4 is 11.9 Å². The molecule has 1 unspecified atom stereocenters. The first-order valence-corrected chi connectivity index (χ1v) is 8.98. The molecule has 1 atom stereocenters. The first kappa shape index (κ1) is 17.8. The number of amides is 1. The fraction of sp³-hybridized carbons (Fsp3) is 0.190. The van der Waals surface area contributed by atoms with Crippen molar-refractivity contribution in [1.82, 2.24) is 14.8 Å². The van der Waals surface area contributed by atoms with Crippen LogP contribution in [0.1, 0.15) is 29.7 Å². The molecule has 0 aliphatic carbocycles. The van der Waals surface area contributed by atoms with Crippen LogP contribution in [0, 0.1) is 6.92 Å². The lowest BCUT2D eigenvalue weighted by molar-refractivity contribution is -0.115. The number of allylic oxidation sites excluding steroid dienone is 1. The highest BCUT2D eigenvalue weighted by Gasteiger charge is 2.32. The maximum absolute atomic E-state index is 12.1. The fourth-order valence-corrected chi connectivity index (χ4v) is 3.34. The number of fused-ring (bicyclic) bond motifs is 1. The summed E-state index contributed by atoms with van der Waals surface area (Å²) in [5.41, 5.74) is 9.94. The fourth-order valence-electron chi connectivity index (χ4n) is 3.34. The van der Waals surface area contributed by atoms with Gasteiger partial charge >= 0.3 is 0 Å². The van der Waals surface area contributed by atoms with Gasteiger partial charge in [0.05, 0.1) is 5.57 Å². The number of carbonyl (C=O) groups is 1. The third-order valence-electron chi connectivity index (χ3n) is 4.76. The molecule has 4 rings (SSSR count). The van der Waals surface area contributed by atoms with Gasteiger partial charge in [0, 0.05) is 5.70 Å². The van der Waals surface area contributed by atoms with Gasteiger partial charge in [0.25, 0.3) is 0 Å². The van der Waals surface area contributed by atoms with Gasteiger partial charge in [-0.15, -0.1) is 0 Å². The number of primary amides is 1. The highest BCUT2D eigenvalue weighted by Crippen LogP contribution is 2.35. The summed E-state index contributed by atoms with van der Waals surface area (Å²) >= 11 is 0. The molecule has 7 nitrogen and oxygen atoms in total. The molecule has 2 heterocycles. The zero-order valence-electron chi connectivity index (χ0n) is 15.7. The third kappa shape index (κ3) is 3.34. The maximum atomic E-state index is 12.1. The number of carbonyl (C=O) groups excluding carboxylic acids is 1. The number of rotatable bonds is 5. The summed E-state index contributed by atoms with van der Waals surface area (Å²) in [6.07, 6.45) is 1.45. The summed E-state index contributed by atoms with van der Waals surface area (Å²) < 4.78 is 7.62. The van der Waals surface area contributed by atoms with Gasteiger partial charge in [-0.05, 0) is 37.1 Å². The minimum atomic E-state index is -0.498. The lowest BCUT2D eigenvalue weighted by atomic mass is 9.95. The number of nitrogens with two attached hydrogens (primary N) is 1. The highest BCUT2D eigenvalue weighted by atomic mass is 16.5. The number of nitrogens with zero attached hydrogens (tertiary/aromatic N) is 3. The van der Waals surface area contributed by atoms with Crippen LogP contribution in [0.4, 0.5) is 5.95 Å². The Balaban J connectivity index is 1.64. The summed E-state index contributed by atoms with van der Waals surface area (Å²) in [7, 11) is 0. The second-order valence-corrected chi connectivity index (χ2v) is 6.81. The smallest absolute Gasteiger partial charge is 0.248 e. The topological polar surface area (TPSA) is 95.1 Å². The zero-order chi connectivity index (χ0) is 19.7. The van der Waals surface area contributed by atoms with E-state index >= 15 is 0 Å². The molecule has 3 N–H and O–H groups in total. The maximum Gasteiger partial charge on any atom is 0.248 e. The molecule has 0 saturated carbocycles. The third-order valence-corrected chi connectivity index (χ3v) is 4.76. The number of hydrogen-bond donors (Lipinski definition) is 2. The van der Waals surface area contributed by atoms with E-state index in [1.165, 1.54) is 11.9 Å². The Morgan fingerprint density at radius 1 is 1.21 bits per heavy atom. The Morgan fingerprint density at radius 2 is 2.00 bits per heavy atom. The molecule has 1 aliphatic rings. The molecular weight excluding hydrogens is 354 g/mol. The monoisotopic (exact) mass is 375 g/mol. The van der Waals surface area contributed by atoms with E-state index in [1.54, 1.807) is 4.68 Å². The molecule has 1 amide bonds. The van der Waals surface area contributed by atoms with Crippen LogP contribution < -0.4 is 15.8 Å². The first-order chi connectivity index (χ1) is 13.5. The van der Waals surface area contributed by atoms with E-state index in [9.17, 15) is 4.79 Å². The van der Waals surface area contributed by atoms with E-state index in [4.69, 9.17) is 10.5 Å². The number of aromatic nitrogens is 3. The van der Waals surface area contributed by atoms with Gasteiger partial charge in [-0.3, -0.25) is 4.79 Å². The molecule has 0 fully saturated rings. The van der Waals surface area contributed by atoms with Crippen molar-refractivity contribution in [3.05, 3.63) is 82.8 Å². The van der Waals surface area contributed by atoms with Crippen molar-refractivity contribution in [1.29, 1.82) is 0 Å². The van der Waals surface area contributed by atoms with Crippen LogP contribution in [-0.2, 0) is 11.4 Å². The van der Waals surface area contributed by atoms with E-state index in [0.717, 1.165) is 11.1 Å². The summed E-state index contributed by atoms with van der Waals surface area (Å²) in [5, 5.41) is 7.35. The van der Waals surface area contributed by atoms with E-state index < -0.39 is 11.9 Å². The number of aryl methyl sites for hydroxylation is 1. The number of hydrogen-bond acceptors (Lipinski definition) is 5. The molecule has 3 aromatic rings. The lowest BCUT2D eigenvalue weighted by Gasteiger charge is -2.27. The van der Waals surface area contributed by atoms with Crippen molar-refractivity contribution in [2.24, 2.45) is 5.73 Å². The van der Waals surface area contributed by atoms with Crippen LogP contribution in [0.15, 0.2) is 66.1 Å². The molecule has 0 spiro atoms. The largest absolute Gasteiger partial charge is 0.489 e. The minimum Gasteiger partial charge on any atom is -0.489 e. The van der Waals surface area contributed by atoms with E-state index in [1.807, 2.05) is 43.3 Å². The van der Waals surface area contributed by atoms with Crippen molar-refractivity contribution in [3.63, 3.8) is 0 Å². The van der Waals surface area contributed by atoms with Crippen molar-refractivity contribution in [2.75, 3.05) is 5.32 Å². The molecule has 0 radical (unpaired) electrons. The SMILES string of the molecule is CC1=C(C(N)=O)C(c2cccc(OCc3ccc(C)cc3)c2)n2ncnc2N1. The van der Waals surface area contributed by atoms with Crippen LogP contribution in [0.5, 0.6) is 5.75 Å². The Hall–Kier alpha value is -3.61. The highest BCUT2D eigenvalue weighted by molar-refractivity contribution is 5.95. The average molecular weight is 375 g/mol. The molecule has 1 aliphatic heterocycles. The van der Waals surface area contributed by atoms with E-state index in [-0.39, 0.29) is 0 Å². The average Bonchev–Trinajstić information content (AvgIpc) is 3.14. The van der Waals surface area contributed by atoms with Gasteiger partial charge in [0.2, 0.25) is 11.9 Å². The van der Waals surface area contributed by atoms with Gasteiger partial charge in [-0.2, -0.15) is 10.1 Å². The van der Waals surface area contributed by atoms with Crippen LogP contribution in [-0.4, -0.2) is 20.7 Å². The summed E-state index contributed by atoms with van der Waals surface area (Å²) in [6, 6.07) is 15.4. The Kier molecular flexibility index (Phi) is 4.57. The normalized spacial score (nSPS) is 15.7. The molecule has 0 bridgehead atoms. The second kappa shape index (κ2) is 7.19. The van der Waals surface area contributed by atoms with Gasteiger partial charge in [-0.25, -0.2) is 4.68 Å². The standard InChI is InChI=1S/C21H21N5O2/c1-13-6-8-15(9-7-13)11-28-17-5-3-4-16(10-17)19-18(20(22)27)14(2)25-21-23-12-24-26(19)21/h3-10,12,19H,11H2,1-2H3,(H2,22,27)(H,23,24,25). The Labute approximate surface area is 162 Å². The summed E-state index contributed by atoms with van der Waals surface area (Å²) in [4.78, 5) is 16.3. The summed E-state index contributed by atoms with van der Waals surface area (Å²) in [6.45, 7) is 4.32. The Morgan fingerprint density at radius 3 is 2.75 bits per heavy atom. The van der Waals surface area contributed by atoms with E-state index in [2.05, 4.69) is 34.5 Å². The molecule has 2 aromatic carbocycles. The minimum absolute atomic E-state index is 0.452. The van der Waals surface area contributed by atoms with Crippen LogP contribution in [0.25, 0.3) is 0 Å².